The topological polar surface area (TPSA) is 120 Å². The smallest absolute Gasteiger partial charge is 0.266 e. The van der Waals surface area contributed by atoms with Gasteiger partial charge in [0.2, 0.25) is 5.95 Å². The largest absolute Gasteiger partial charge is 0.365 e. The maximum Gasteiger partial charge on any atom is 0.266 e. The van der Waals surface area contributed by atoms with E-state index in [4.69, 9.17) is 4.74 Å². The lowest BCUT2D eigenvalue weighted by Crippen LogP contribution is -2.70. The van der Waals surface area contributed by atoms with E-state index >= 15 is 0 Å². The molecule has 0 spiro atoms. The fourth-order valence-corrected chi connectivity index (χ4v) is 4.82. The maximum atomic E-state index is 13.5. The van der Waals surface area contributed by atoms with Gasteiger partial charge in [-0.05, 0) is 31.9 Å². The Morgan fingerprint density at radius 3 is 2.65 bits per heavy atom. The number of ether oxygens (including phenoxy) is 1. The second kappa shape index (κ2) is 9.95. The second-order valence-electron chi connectivity index (χ2n) is 10.1. The molecule has 0 saturated carbocycles. The van der Waals surface area contributed by atoms with Gasteiger partial charge in [-0.2, -0.15) is 4.98 Å². The van der Waals surface area contributed by atoms with Crippen molar-refractivity contribution in [1.82, 2.24) is 31.1 Å². The molecule has 2 aromatic rings. The normalized spacial score (nSPS) is 24.1. The van der Waals surface area contributed by atoms with E-state index < -0.39 is 11.5 Å². The first-order valence-electron chi connectivity index (χ1n) is 12.4. The van der Waals surface area contributed by atoms with Crippen LogP contribution in [0, 0.1) is 6.92 Å². The molecular formula is C24H33F2N9O2. The van der Waals surface area contributed by atoms with Crippen molar-refractivity contribution in [3.8, 4) is 0 Å². The molecular weight excluding hydrogens is 484 g/mol. The minimum Gasteiger partial charge on any atom is -0.365 e. The highest BCUT2D eigenvalue weighted by atomic mass is 19.3. The number of aromatic nitrogens is 3. The zero-order valence-corrected chi connectivity index (χ0v) is 21.2. The van der Waals surface area contributed by atoms with Gasteiger partial charge in [0.1, 0.15) is 11.6 Å². The Hall–Kier alpha value is -3.16. The first-order valence-corrected chi connectivity index (χ1v) is 12.4. The number of carbonyl (C=O) groups is 1. The van der Waals surface area contributed by atoms with Crippen LogP contribution in [0.4, 0.5) is 26.4 Å². The lowest BCUT2D eigenvalue weighted by Gasteiger charge is -2.47. The van der Waals surface area contributed by atoms with E-state index in [0.717, 1.165) is 17.7 Å². The van der Waals surface area contributed by atoms with E-state index in [-0.39, 0.29) is 38.1 Å². The highest BCUT2D eigenvalue weighted by Crippen LogP contribution is 2.31. The second-order valence-corrected chi connectivity index (χ2v) is 10.1. The monoisotopic (exact) mass is 517 g/mol. The minimum absolute atomic E-state index is 0.0669. The first-order chi connectivity index (χ1) is 17.6. The SMILES string of the molecule is COC1(C(=O)NCc2ccc(N3CCC(F)(F)C3)nc2)CN(c2nc(C)cc(NC3CC(C)NN3)n2)C1. The summed E-state index contributed by atoms with van der Waals surface area (Å²) >= 11 is 0. The Morgan fingerprint density at radius 1 is 1.22 bits per heavy atom. The number of methoxy groups -OCH3 is 1. The van der Waals surface area contributed by atoms with Crippen molar-refractivity contribution >= 4 is 23.5 Å². The summed E-state index contributed by atoms with van der Waals surface area (Å²) in [6.07, 6.45) is 2.42. The standard InChI is InChI=1S/C24H33F2N9O2/c1-15-8-18(30-19-9-16(2)32-33-19)31-22(29-15)35-12-23(13-35,37-3)21(36)28-11-17-4-5-20(27-10-17)34-7-6-24(25,26)14-34/h4-5,8,10,16,19,32-33H,6-7,9,11-14H2,1-3H3,(H,28,36)(H,29,30,31). The molecule has 0 radical (unpaired) electrons. The van der Waals surface area contributed by atoms with Crippen LogP contribution in [-0.2, 0) is 16.1 Å². The maximum absolute atomic E-state index is 13.5. The summed E-state index contributed by atoms with van der Waals surface area (Å²) in [6.45, 7) is 4.85. The minimum atomic E-state index is -2.68. The van der Waals surface area contributed by atoms with Crippen molar-refractivity contribution in [2.24, 2.45) is 0 Å². The molecule has 3 aliphatic rings. The van der Waals surface area contributed by atoms with E-state index in [1.165, 1.54) is 7.11 Å². The van der Waals surface area contributed by atoms with Gasteiger partial charge in [0.25, 0.3) is 11.8 Å². The number of rotatable bonds is 8. The molecule has 0 aromatic carbocycles. The molecule has 3 fully saturated rings. The van der Waals surface area contributed by atoms with Crippen LogP contribution >= 0.6 is 0 Å². The summed E-state index contributed by atoms with van der Waals surface area (Å²) in [4.78, 5) is 30.0. The van der Waals surface area contributed by atoms with E-state index in [9.17, 15) is 13.6 Å². The summed E-state index contributed by atoms with van der Waals surface area (Å²) in [5.74, 6) is -1.16. The van der Waals surface area contributed by atoms with Crippen LogP contribution in [0.25, 0.3) is 0 Å². The molecule has 2 unspecified atom stereocenters. The number of aryl methyl sites for hydroxylation is 1. The van der Waals surface area contributed by atoms with Crippen LogP contribution in [0.15, 0.2) is 24.4 Å². The Kier molecular flexibility index (Phi) is 6.86. The zero-order chi connectivity index (χ0) is 26.2. The summed E-state index contributed by atoms with van der Waals surface area (Å²) in [6, 6.07) is 5.75. The molecule has 4 N–H and O–H groups in total. The number of amides is 1. The number of hydrogen-bond donors (Lipinski definition) is 4. The van der Waals surface area contributed by atoms with Crippen molar-refractivity contribution in [3.05, 3.63) is 35.7 Å². The predicted molar refractivity (Wildman–Crippen MR) is 134 cm³/mol. The highest BCUT2D eigenvalue weighted by molar-refractivity contribution is 5.88. The zero-order valence-electron chi connectivity index (χ0n) is 21.2. The molecule has 37 heavy (non-hydrogen) atoms. The van der Waals surface area contributed by atoms with E-state index in [2.05, 4.69) is 43.4 Å². The number of nitrogens with zero attached hydrogens (tertiary/aromatic N) is 5. The van der Waals surface area contributed by atoms with Gasteiger partial charge in [-0.3, -0.25) is 10.2 Å². The number of anilines is 3. The van der Waals surface area contributed by atoms with Gasteiger partial charge in [-0.25, -0.2) is 24.2 Å². The van der Waals surface area contributed by atoms with E-state index in [1.54, 1.807) is 23.2 Å². The summed E-state index contributed by atoms with van der Waals surface area (Å²) in [5.41, 5.74) is 6.94. The number of hydrogen-bond acceptors (Lipinski definition) is 10. The third-order valence-corrected chi connectivity index (χ3v) is 6.99. The van der Waals surface area contributed by atoms with Gasteiger partial charge in [0.15, 0.2) is 5.60 Å². The van der Waals surface area contributed by atoms with Crippen LogP contribution in [0.3, 0.4) is 0 Å². The number of nitrogens with one attached hydrogen (secondary N) is 4. The molecule has 1 amide bonds. The van der Waals surface area contributed by atoms with Gasteiger partial charge in [-0.1, -0.05) is 6.07 Å². The fraction of sp³-hybridized carbons (Fsp3) is 0.583. The van der Waals surface area contributed by atoms with Gasteiger partial charge in [-0.15, -0.1) is 0 Å². The molecule has 200 valence electrons. The molecule has 0 bridgehead atoms. The molecule has 11 nitrogen and oxygen atoms in total. The summed E-state index contributed by atoms with van der Waals surface area (Å²) in [5, 5.41) is 6.28. The third kappa shape index (κ3) is 5.58. The van der Waals surface area contributed by atoms with Crippen molar-refractivity contribution < 1.29 is 18.3 Å². The Balaban J connectivity index is 1.16. The molecule has 5 heterocycles. The number of halogens is 2. The van der Waals surface area contributed by atoms with Crippen LogP contribution in [0.5, 0.6) is 0 Å². The van der Waals surface area contributed by atoms with Crippen LogP contribution < -0.4 is 31.3 Å². The Labute approximate surface area is 214 Å². The van der Waals surface area contributed by atoms with Crippen molar-refractivity contribution in [3.63, 3.8) is 0 Å². The first kappa shape index (κ1) is 25.5. The molecule has 0 aliphatic carbocycles. The molecule has 2 atom stereocenters. The van der Waals surface area contributed by atoms with Gasteiger partial charge in [0.05, 0.1) is 25.8 Å². The van der Waals surface area contributed by atoms with Crippen LogP contribution in [0.1, 0.15) is 31.0 Å². The van der Waals surface area contributed by atoms with Gasteiger partial charge >= 0.3 is 0 Å². The van der Waals surface area contributed by atoms with E-state index in [1.807, 2.05) is 17.9 Å². The summed E-state index contributed by atoms with van der Waals surface area (Å²) in [7, 11) is 1.52. The number of hydrazine groups is 1. The van der Waals surface area contributed by atoms with Gasteiger partial charge in [0, 0.05) is 50.6 Å². The Morgan fingerprint density at radius 2 is 2.03 bits per heavy atom. The van der Waals surface area contributed by atoms with Crippen molar-refractivity contribution in [1.29, 1.82) is 0 Å². The Bertz CT molecular complexity index is 1130. The van der Waals surface area contributed by atoms with Crippen LogP contribution in [0.2, 0.25) is 0 Å². The fourth-order valence-electron chi connectivity index (χ4n) is 4.82. The quantitative estimate of drug-likeness (QED) is 0.406. The van der Waals surface area contributed by atoms with E-state index in [0.29, 0.717) is 36.7 Å². The van der Waals surface area contributed by atoms with Crippen LogP contribution in [-0.4, -0.2) is 77.9 Å². The average molecular weight is 518 g/mol. The third-order valence-electron chi connectivity index (χ3n) is 6.99. The lowest BCUT2D eigenvalue weighted by molar-refractivity contribution is -0.146. The molecule has 2 aromatic heterocycles. The van der Waals surface area contributed by atoms with Gasteiger partial charge < -0.3 is 25.2 Å². The number of alkyl halides is 2. The average Bonchev–Trinajstić information content (AvgIpc) is 3.41. The molecule has 5 rings (SSSR count). The molecule has 13 heteroatoms. The summed E-state index contributed by atoms with van der Waals surface area (Å²) < 4.78 is 32.6. The number of carbonyl (C=O) groups excluding carboxylic acids is 1. The highest BCUT2D eigenvalue weighted by Gasteiger charge is 2.51. The van der Waals surface area contributed by atoms with Crippen molar-refractivity contribution in [2.75, 3.05) is 48.4 Å². The molecule has 3 saturated heterocycles. The van der Waals surface area contributed by atoms with Crippen molar-refractivity contribution in [2.45, 2.75) is 57.0 Å². The predicted octanol–water partition coefficient (Wildman–Crippen LogP) is 1.17. The lowest BCUT2D eigenvalue weighted by atomic mass is 9.93. The molecule has 3 aliphatic heterocycles. The number of pyridine rings is 1.